The van der Waals surface area contributed by atoms with Crippen LogP contribution in [0.4, 0.5) is 13.2 Å². The lowest BCUT2D eigenvalue weighted by Gasteiger charge is -2.06. The topological polar surface area (TPSA) is 56.0 Å². The van der Waals surface area contributed by atoms with Crippen LogP contribution in [-0.2, 0) is 6.18 Å². The Morgan fingerprint density at radius 2 is 1.59 bits per heavy atom. The first kappa shape index (κ1) is 17.3. The quantitative estimate of drug-likeness (QED) is 0.424. The van der Waals surface area contributed by atoms with Crippen molar-refractivity contribution in [3.63, 3.8) is 0 Å². The highest BCUT2D eigenvalue weighted by molar-refractivity contribution is 5.85. The van der Waals surface area contributed by atoms with Crippen LogP contribution in [0.15, 0.2) is 61.1 Å². The second-order valence-electron chi connectivity index (χ2n) is 6.49. The third-order valence-corrected chi connectivity index (χ3v) is 4.54. The van der Waals surface area contributed by atoms with Gasteiger partial charge in [0.15, 0.2) is 11.3 Å². The van der Waals surface area contributed by atoms with E-state index in [1.807, 2.05) is 36.4 Å². The third kappa shape index (κ3) is 3.18. The van der Waals surface area contributed by atoms with Crippen molar-refractivity contribution in [1.82, 2.24) is 24.3 Å². The van der Waals surface area contributed by atoms with Gasteiger partial charge in [-0.25, -0.2) is 15.0 Å². The van der Waals surface area contributed by atoms with E-state index in [9.17, 15) is 13.2 Å². The van der Waals surface area contributed by atoms with Crippen molar-refractivity contribution < 1.29 is 13.2 Å². The molecule has 0 N–H and O–H groups in total. The van der Waals surface area contributed by atoms with Crippen molar-refractivity contribution in [3.05, 3.63) is 77.7 Å². The number of nitrogens with zero attached hydrogens (tertiary/aromatic N) is 5. The van der Waals surface area contributed by atoms with Crippen LogP contribution in [0.2, 0.25) is 0 Å². The standard InChI is InChI=1S/C21H12F3N5/c22-21(23,24)15-3-4-16-17(12-15)27-20-19(26-16)28-18-11-14(7-10-29(18)20)2-1-13-5-8-25-9-6-13/h1-12H/b2-1+. The van der Waals surface area contributed by atoms with Gasteiger partial charge in [0.2, 0.25) is 0 Å². The summed E-state index contributed by atoms with van der Waals surface area (Å²) in [5, 5.41) is 0. The second-order valence-corrected chi connectivity index (χ2v) is 6.49. The number of alkyl halides is 3. The minimum Gasteiger partial charge on any atom is -0.283 e. The Morgan fingerprint density at radius 3 is 2.38 bits per heavy atom. The molecule has 5 aromatic rings. The molecule has 0 saturated carbocycles. The highest BCUT2D eigenvalue weighted by Gasteiger charge is 2.30. The van der Waals surface area contributed by atoms with Gasteiger partial charge in [0.1, 0.15) is 5.65 Å². The molecule has 0 amide bonds. The first-order chi connectivity index (χ1) is 14.0. The molecule has 1 aromatic carbocycles. The van der Waals surface area contributed by atoms with Crippen molar-refractivity contribution >= 4 is 40.1 Å². The zero-order chi connectivity index (χ0) is 20.0. The molecule has 142 valence electrons. The highest BCUT2D eigenvalue weighted by atomic mass is 19.4. The van der Waals surface area contributed by atoms with E-state index in [1.165, 1.54) is 6.07 Å². The van der Waals surface area contributed by atoms with E-state index in [-0.39, 0.29) is 5.52 Å². The first-order valence-corrected chi connectivity index (χ1v) is 8.72. The molecule has 0 unspecified atom stereocenters. The monoisotopic (exact) mass is 391 g/mol. The van der Waals surface area contributed by atoms with E-state index in [1.54, 1.807) is 23.0 Å². The number of hydrogen-bond acceptors (Lipinski definition) is 4. The first-order valence-electron chi connectivity index (χ1n) is 8.72. The van der Waals surface area contributed by atoms with Gasteiger partial charge in [-0.3, -0.25) is 9.38 Å². The summed E-state index contributed by atoms with van der Waals surface area (Å²) in [7, 11) is 0. The average molecular weight is 391 g/mol. The van der Waals surface area contributed by atoms with Crippen molar-refractivity contribution in [2.24, 2.45) is 0 Å². The zero-order valence-electron chi connectivity index (χ0n) is 14.8. The van der Waals surface area contributed by atoms with Crippen molar-refractivity contribution in [3.8, 4) is 0 Å². The van der Waals surface area contributed by atoms with E-state index >= 15 is 0 Å². The minimum absolute atomic E-state index is 0.177. The summed E-state index contributed by atoms with van der Waals surface area (Å²) in [5.74, 6) is 0. The van der Waals surface area contributed by atoms with Crippen LogP contribution in [0, 0.1) is 0 Å². The van der Waals surface area contributed by atoms with Crippen LogP contribution in [0.3, 0.4) is 0 Å². The SMILES string of the molecule is FC(F)(F)c1ccc2nc3nc4cc(/C=C/c5ccncc5)ccn4c3nc2c1. The van der Waals surface area contributed by atoms with Gasteiger partial charge in [0.25, 0.3) is 0 Å². The Bertz CT molecular complexity index is 1390. The normalized spacial score (nSPS) is 12.5. The molecule has 5 rings (SSSR count). The lowest BCUT2D eigenvalue weighted by Crippen LogP contribution is -2.04. The predicted octanol–water partition coefficient (Wildman–Crippen LogP) is 5.01. The van der Waals surface area contributed by atoms with Crippen LogP contribution in [-0.4, -0.2) is 24.3 Å². The van der Waals surface area contributed by atoms with Crippen LogP contribution in [0.5, 0.6) is 0 Å². The summed E-state index contributed by atoms with van der Waals surface area (Å²) in [6.07, 6.45) is 4.69. The molecule has 29 heavy (non-hydrogen) atoms. The molecule has 4 aromatic heterocycles. The Labute approximate surface area is 162 Å². The lowest BCUT2D eigenvalue weighted by atomic mass is 10.2. The van der Waals surface area contributed by atoms with E-state index < -0.39 is 11.7 Å². The van der Waals surface area contributed by atoms with Crippen LogP contribution < -0.4 is 0 Å². The van der Waals surface area contributed by atoms with Gasteiger partial charge in [-0.2, -0.15) is 13.2 Å². The number of aromatic nitrogens is 5. The Kier molecular flexibility index (Phi) is 3.80. The highest BCUT2D eigenvalue weighted by Crippen LogP contribution is 2.31. The van der Waals surface area contributed by atoms with E-state index in [2.05, 4.69) is 19.9 Å². The summed E-state index contributed by atoms with van der Waals surface area (Å²) in [5.41, 5.74) is 3.14. The van der Waals surface area contributed by atoms with Crippen molar-refractivity contribution in [2.75, 3.05) is 0 Å². The zero-order valence-corrected chi connectivity index (χ0v) is 14.8. The average Bonchev–Trinajstić information content (AvgIpc) is 3.06. The van der Waals surface area contributed by atoms with Crippen LogP contribution in [0.1, 0.15) is 16.7 Å². The molecule has 8 heteroatoms. The van der Waals surface area contributed by atoms with Crippen molar-refractivity contribution in [1.29, 1.82) is 0 Å². The molecular weight excluding hydrogens is 379 g/mol. The fraction of sp³-hybridized carbons (Fsp3) is 0.0476. The predicted molar refractivity (Wildman–Crippen MR) is 104 cm³/mol. The number of pyridine rings is 2. The van der Waals surface area contributed by atoms with Crippen molar-refractivity contribution in [2.45, 2.75) is 6.18 Å². The van der Waals surface area contributed by atoms with E-state index in [4.69, 9.17) is 0 Å². The van der Waals surface area contributed by atoms with Crippen LogP contribution in [0.25, 0.3) is 40.1 Å². The van der Waals surface area contributed by atoms with Gasteiger partial charge in [0.05, 0.1) is 16.6 Å². The van der Waals surface area contributed by atoms with E-state index in [0.717, 1.165) is 23.3 Å². The van der Waals surface area contributed by atoms with Gasteiger partial charge in [-0.15, -0.1) is 0 Å². The third-order valence-electron chi connectivity index (χ3n) is 4.54. The van der Waals surface area contributed by atoms with Gasteiger partial charge in [-0.1, -0.05) is 12.2 Å². The molecule has 0 fully saturated rings. The van der Waals surface area contributed by atoms with Gasteiger partial charge < -0.3 is 0 Å². The summed E-state index contributed by atoms with van der Waals surface area (Å²) < 4.78 is 40.7. The largest absolute Gasteiger partial charge is 0.416 e. The molecule has 0 bridgehead atoms. The molecule has 0 aliphatic carbocycles. The molecular formula is C21H12F3N5. The number of imidazole rings is 1. The Morgan fingerprint density at radius 1 is 0.793 bits per heavy atom. The maximum absolute atomic E-state index is 13.0. The number of hydrogen-bond donors (Lipinski definition) is 0. The number of rotatable bonds is 2. The molecule has 4 heterocycles. The fourth-order valence-corrected chi connectivity index (χ4v) is 3.10. The van der Waals surface area contributed by atoms with Gasteiger partial charge in [-0.05, 0) is 53.6 Å². The summed E-state index contributed by atoms with van der Waals surface area (Å²) >= 11 is 0. The number of halogens is 3. The molecule has 5 nitrogen and oxygen atoms in total. The fourth-order valence-electron chi connectivity index (χ4n) is 3.10. The van der Waals surface area contributed by atoms with Gasteiger partial charge in [0, 0.05) is 18.6 Å². The Hall–Kier alpha value is -3.81. The number of benzene rings is 1. The lowest BCUT2D eigenvalue weighted by molar-refractivity contribution is -0.137. The summed E-state index contributed by atoms with van der Waals surface area (Å²) in [6, 6.07) is 10.9. The maximum Gasteiger partial charge on any atom is 0.416 e. The Balaban J connectivity index is 1.61. The number of fused-ring (bicyclic) bond motifs is 4. The summed E-state index contributed by atoms with van der Waals surface area (Å²) in [4.78, 5) is 17.2. The second kappa shape index (κ2) is 6.37. The maximum atomic E-state index is 13.0. The molecule has 0 aliphatic rings. The van der Waals surface area contributed by atoms with Crippen LogP contribution >= 0.6 is 0 Å². The van der Waals surface area contributed by atoms with E-state index in [0.29, 0.717) is 22.5 Å². The summed E-state index contributed by atoms with van der Waals surface area (Å²) in [6.45, 7) is 0. The molecule has 0 saturated heterocycles. The molecule has 0 atom stereocenters. The molecule has 0 radical (unpaired) electrons. The molecule has 0 spiro atoms. The smallest absolute Gasteiger partial charge is 0.283 e. The minimum atomic E-state index is -4.43. The molecule has 0 aliphatic heterocycles. The van der Waals surface area contributed by atoms with Gasteiger partial charge >= 0.3 is 6.18 Å².